The molecule has 4 nitrogen and oxygen atoms in total. The SMILES string of the molecule is Cn1c(-c2c[nH]c3ccccc23)nc(Br)c1CN. The van der Waals surface area contributed by atoms with Crippen LogP contribution in [-0.2, 0) is 13.6 Å². The highest BCUT2D eigenvalue weighted by molar-refractivity contribution is 9.10. The number of aromatic nitrogens is 3. The van der Waals surface area contributed by atoms with Gasteiger partial charge in [0.15, 0.2) is 0 Å². The summed E-state index contributed by atoms with van der Waals surface area (Å²) in [6, 6.07) is 8.19. The average Bonchev–Trinajstić information content (AvgIpc) is 2.91. The van der Waals surface area contributed by atoms with Crippen LogP contribution < -0.4 is 5.73 Å². The summed E-state index contributed by atoms with van der Waals surface area (Å²) in [4.78, 5) is 7.81. The topological polar surface area (TPSA) is 59.6 Å². The number of nitrogens with zero attached hydrogens (tertiary/aromatic N) is 2. The zero-order valence-electron chi connectivity index (χ0n) is 9.94. The fourth-order valence-electron chi connectivity index (χ4n) is 2.22. The summed E-state index contributed by atoms with van der Waals surface area (Å²) in [6.45, 7) is 0.465. The molecule has 0 unspecified atom stereocenters. The van der Waals surface area contributed by atoms with E-state index in [2.05, 4.69) is 38.0 Å². The first-order valence-electron chi connectivity index (χ1n) is 5.70. The number of halogens is 1. The van der Waals surface area contributed by atoms with E-state index in [0.29, 0.717) is 6.54 Å². The molecule has 0 saturated carbocycles. The predicted molar refractivity (Wildman–Crippen MR) is 76.1 cm³/mol. The van der Waals surface area contributed by atoms with Crippen molar-refractivity contribution < 1.29 is 0 Å². The lowest BCUT2D eigenvalue weighted by molar-refractivity contribution is 0.826. The van der Waals surface area contributed by atoms with Gasteiger partial charge < -0.3 is 15.3 Å². The third-order valence-electron chi connectivity index (χ3n) is 3.19. The molecule has 18 heavy (non-hydrogen) atoms. The number of imidazole rings is 1. The van der Waals surface area contributed by atoms with Gasteiger partial charge in [0, 0.05) is 36.3 Å². The smallest absolute Gasteiger partial charge is 0.143 e. The Kier molecular flexibility index (Phi) is 2.72. The van der Waals surface area contributed by atoms with E-state index in [9.17, 15) is 0 Å². The highest BCUT2D eigenvalue weighted by Crippen LogP contribution is 2.30. The number of nitrogens with two attached hydrogens (primary N) is 1. The van der Waals surface area contributed by atoms with Crippen molar-refractivity contribution >= 4 is 26.8 Å². The number of nitrogens with one attached hydrogen (secondary N) is 1. The molecular formula is C13H13BrN4. The van der Waals surface area contributed by atoms with Crippen molar-refractivity contribution in [3.05, 3.63) is 40.8 Å². The van der Waals surface area contributed by atoms with Gasteiger partial charge in [-0.25, -0.2) is 4.98 Å². The molecule has 0 bridgehead atoms. The second-order valence-electron chi connectivity index (χ2n) is 4.18. The maximum absolute atomic E-state index is 5.73. The zero-order valence-corrected chi connectivity index (χ0v) is 11.5. The van der Waals surface area contributed by atoms with Crippen LogP contribution in [0.5, 0.6) is 0 Å². The van der Waals surface area contributed by atoms with Crippen LogP contribution in [0.3, 0.4) is 0 Å². The molecule has 0 spiro atoms. The quantitative estimate of drug-likeness (QED) is 0.765. The molecule has 0 aliphatic heterocycles. The van der Waals surface area contributed by atoms with E-state index in [1.807, 2.05) is 29.9 Å². The van der Waals surface area contributed by atoms with E-state index in [-0.39, 0.29) is 0 Å². The second kappa shape index (κ2) is 4.26. The lowest BCUT2D eigenvalue weighted by atomic mass is 10.1. The number of benzene rings is 1. The zero-order chi connectivity index (χ0) is 12.7. The Morgan fingerprint density at radius 3 is 2.89 bits per heavy atom. The Balaban J connectivity index is 2.27. The molecule has 3 rings (SSSR count). The minimum absolute atomic E-state index is 0.465. The van der Waals surface area contributed by atoms with Crippen molar-refractivity contribution in [3.63, 3.8) is 0 Å². The third-order valence-corrected chi connectivity index (χ3v) is 3.82. The summed E-state index contributed by atoms with van der Waals surface area (Å²) in [5.41, 5.74) is 8.93. The van der Waals surface area contributed by atoms with E-state index in [1.54, 1.807) is 0 Å². The monoisotopic (exact) mass is 304 g/mol. The largest absolute Gasteiger partial charge is 0.360 e. The highest BCUT2D eigenvalue weighted by Gasteiger charge is 2.15. The Labute approximate surface area is 113 Å². The van der Waals surface area contributed by atoms with E-state index in [4.69, 9.17) is 5.73 Å². The van der Waals surface area contributed by atoms with Gasteiger partial charge in [0.25, 0.3) is 0 Å². The standard InChI is InChI=1S/C13H13BrN4/c1-18-11(6-15)12(14)17-13(18)9-7-16-10-5-3-2-4-8(9)10/h2-5,7,16H,6,15H2,1H3. The summed E-state index contributed by atoms with van der Waals surface area (Å²) in [7, 11) is 1.98. The minimum atomic E-state index is 0.465. The Bertz CT molecular complexity index is 711. The number of rotatable bonds is 2. The van der Waals surface area contributed by atoms with Gasteiger partial charge in [0.1, 0.15) is 10.4 Å². The van der Waals surface area contributed by atoms with Crippen molar-refractivity contribution in [2.24, 2.45) is 12.8 Å². The van der Waals surface area contributed by atoms with Gasteiger partial charge in [0.2, 0.25) is 0 Å². The van der Waals surface area contributed by atoms with E-state index < -0.39 is 0 Å². The molecule has 0 fully saturated rings. The molecule has 3 aromatic rings. The second-order valence-corrected chi connectivity index (χ2v) is 4.94. The van der Waals surface area contributed by atoms with Crippen molar-refractivity contribution in [2.45, 2.75) is 6.54 Å². The highest BCUT2D eigenvalue weighted by atomic mass is 79.9. The number of H-pyrrole nitrogens is 1. The number of hydrogen-bond donors (Lipinski definition) is 2. The van der Waals surface area contributed by atoms with Crippen LogP contribution in [0.25, 0.3) is 22.3 Å². The van der Waals surface area contributed by atoms with Crippen LogP contribution in [0.1, 0.15) is 5.69 Å². The maximum Gasteiger partial charge on any atom is 0.143 e. The van der Waals surface area contributed by atoms with Crippen LogP contribution >= 0.6 is 15.9 Å². The fourth-order valence-corrected chi connectivity index (χ4v) is 2.81. The molecule has 5 heteroatoms. The first-order valence-corrected chi connectivity index (χ1v) is 6.49. The molecule has 2 aromatic heterocycles. The van der Waals surface area contributed by atoms with Gasteiger partial charge in [0.05, 0.1) is 5.69 Å². The molecule has 0 radical (unpaired) electrons. The molecule has 0 aliphatic carbocycles. The molecule has 3 N–H and O–H groups in total. The number of para-hydroxylation sites is 1. The Morgan fingerprint density at radius 1 is 1.39 bits per heavy atom. The summed E-state index contributed by atoms with van der Waals surface area (Å²) in [5, 5.41) is 1.17. The lowest BCUT2D eigenvalue weighted by Crippen LogP contribution is -2.04. The molecule has 0 atom stereocenters. The number of hydrogen-bond acceptors (Lipinski definition) is 2. The number of fused-ring (bicyclic) bond motifs is 1. The van der Waals surface area contributed by atoms with Crippen molar-refractivity contribution in [1.82, 2.24) is 14.5 Å². The summed E-state index contributed by atoms with van der Waals surface area (Å²) < 4.78 is 2.84. The van der Waals surface area contributed by atoms with Gasteiger partial charge in [-0.05, 0) is 22.0 Å². The van der Waals surface area contributed by atoms with Gasteiger partial charge in [-0.1, -0.05) is 18.2 Å². The molecular weight excluding hydrogens is 292 g/mol. The van der Waals surface area contributed by atoms with E-state index in [0.717, 1.165) is 27.2 Å². The van der Waals surface area contributed by atoms with E-state index >= 15 is 0 Å². The van der Waals surface area contributed by atoms with Crippen LogP contribution in [0.4, 0.5) is 0 Å². The molecule has 0 aliphatic rings. The Hall–Kier alpha value is -1.59. The molecule has 0 amide bonds. The first kappa shape index (κ1) is 11.5. The fraction of sp³-hybridized carbons (Fsp3) is 0.154. The van der Waals surface area contributed by atoms with Crippen LogP contribution in [0, 0.1) is 0 Å². The van der Waals surface area contributed by atoms with Gasteiger partial charge in [-0.2, -0.15) is 0 Å². The van der Waals surface area contributed by atoms with Gasteiger partial charge in [-0.3, -0.25) is 0 Å². The average molecular weight is 305 g/mol. The van der Waals surface area contributed by atoms with Crippen LogP contribution in [-0.4, -0.2) is 14.5 Å². The van der Waals surface area contributed by atoms with Crippen molar-refractivity contribution in [2.75, 3.05) is 0 Å². The number of aromatic amines is 1. The first-order chi connectivity index (χ1) is 8.72. The normalized spacial score (nSPS) is 11.3. The summed E-state index contributed by atoms with van der Waals surface area (Å²) >= 11 is 3.46. The van der Waals surface area contributed by atoms with Crippen molar-refractivity contribution in [1.29, 1.82) is 0 Å². The third kappa shape index (κ3) is 1.59. The predicted octanol–water partition coefficient (Wildman–Crippen LogP) is 2.79. The lowest BCUT2D eigenvalue weighted by Gasteiger charge is -2.03. The van der Waals surface area contributed by atoms with Crippen LogP contribution in [0.2, 0.25) is 0 Å². The molecule has 0 saturated heterocycles. The molecule has 92 valence electrons. The maximum atomic E-state index is 5.73. The minimum Gasteiger partial charge on any atom is -0.360 e. The Morgan fingerprint density at radius 2 is 2.17 bits per heavy atom. The van der Waals surface area contributed by atoms with Gasteiger partial charge in [-0.15, -0.1) is 0 Å². The summed E-state index contributed by atoms with van der Waals surface area (Å²) in [6.07, 6.45) is 1.99. The van der Waals surface area contributed by atoms with Crippen molar-refractivity contribution in [3.8, 4) is 11.4 Å². The van der Waals surface area contributed by atoms with Crippen LogP contribution in [0.15, 0.2) is 35.1 Å². The molecule has 1 aromatic carbocycles. The molecule has 2 heterocycles. The summed E-state index contributed by atoms with van der Waals surface area (Å²) in [5.74, 6) is 0.916. The van der Waals surface area contributed by atoms with E-state index in [1.165, 1.54) is 5.39 Å². The van der Waals surface area contributed by atoms with Gasteiger partial charge >= 0.3 is 0 Å².